The summed E-state index contributed by atoms with van der Waals surface area (Å²) in [5.41, 5.74) is 5.70. The fourth-order valence-corrected chi connectivity index (χ4v) is 4.91. The zero-order valence-corrected chi connectivity index (χ0v) is 16.0. The Labute approximate surface area is 144 Å². The first kappa shape index (κ1) is 16.3. The monoisotopic (exact) mass is 347 g/mol. The molecule has 0 saturated heterocycles. The zero-order chi connectivity index (χ0) is 16.9. The highest BCUT2D eigenvalue weighted by Crippen LogP contribution is 2.46. The minimum atomic E-state index is -0.489. The first-order valence-electron chi connectivity index (χ1n) is 7.56. The van der Waals surface area contributed by atoms with Crippen LogP contribution in [-0.2, 0) is 0 Å². The topological polar surface area (TPSA) is 18.8 Å². The van der Waals surface area contributed by atoms with Crippen molar-refractivity contribution >= 4 is 37.4 Å². The van der Waals surface area contributed by atoms with Crippen LogP contribution in [-0.4, -0.2) is 28.2 Å². The number of benzene rings is 2. The molecule has 0 aliphatic carbocycles. The summed E-state index contributed by atoms with van der Waals surface area (Å²) in [6, 6.07) is 8.68. The Morgan fingerprint density at radius 2 is 1.43 bits per heavy atom. The summed E-state index contributed by atoms with van der Waals surface area (Å²) in [4.78, 5) is 10.3. The second-order valence-corrected chi connectivity index (χ2v) is 8.69. The van der Waals surface area contributed by atoms with Crippen LogP contribution in [0.2, 0.25) is 0 Å². The van der Waals surface area contributed by atoms with Crippen LogP contribution >= 0.6 is 20.4 Å². The maximum absolute atomic E-state index is 6.91. The Hall–Kier alpha value is -1.52. The highest BCUT2D eigenvalue weighted by atomic mass is 35.7. The molecule has 1 heterocycles. The smallest absolute Gasteiger partial charge is 0.0811 e. The minimum absolute atomic E-state index is 0.489. The number of fused-ring (bicyclic) bond motifs is 2. The number of rotatable bonds is 2. The molecule has 23 heavy (non-hydrogen) atoms. The van der Waals surface area contributed by atoms with Crippen LogP contribution in [0.4, 0.5) is 17.1 Å². The van der Waals surface area contributed by atoms with Crippen LogP contribution < -0.4 is 15.2 Å². The lowest BCUT2D eigenvalue weighted by Crippen LogP contribution is -2.16. The molecule has 0 aromatic heterocycles. The van der Waals surface area contributed by atoms with Gasteiger partial charge in [-0.1, -0.05) is 9.70 Å². The molecule has 1 unspecified atom stereocenters. The molecule has 1 aliphatic rings. The molecule has 0 amide bonds. The molecule has 3 nitrogen and oxygen atoms in total. The summed E-state index contributed by atoms with van der Waals surface area (Å²) in [5, 5.41) is 1.03. The molecule has 5 heteroatoms. The summed E-state index contributed by atoms with van der Waals surface area (Å²) < 4.78 is 1.12. The number of hydrogen-bond acceptors (Lipinski definition) is 3. The van der Waals surface area contributed by atoms with Gasteiger partial charge in [-0.15, -0.1) is 0 Å². The lowest BCUT2D eigenvalue weighted by Gasteiger charge is -2.21. The molecule has 2 aromatic rings. The van der Waals surface area contributed by atoms with E-state index in [4.69, 9.17) is 15.7 Å². The lowest BCUT2D eigenvalue weighted by molar-refractivity contribution is 1.09. The third-order valence-corrected chi connectivity index (χ3v) is 6.54. The van der Waals surface area contributed by atoms with Crippen LogP contribution in [0.3, 0.4) is 0 Å². The van der Waals surface area contributed by atoms with Gasteiger partial charge in [-0.25, -0.2) is 4.99 Å². The maximum atomic E-state index is 6.91. The quantitative estimate of drug-likeness (QED) is 0.748. The molecule has 2 aromatic carbocycles. The van der Waals surface area contributed by atoms with E-state index in [1.54, 1.807) is 0 Å². The predicted octanol–water partition coefficient (Wildman–Crippen LogP) is 4.43. The summed E-state index contributed by atoms with van der Waals surface area (Å²) in [5.74, 6) is 0. The van der Waals surface area contributed by atoms with E-state index in [2.05, 4.69) is 76.1 Å². The third kappa shape index (κ3) is 2.74. The van der Waals surface area contributed by atoms with Crippen molar-refractivity contribution in [3.8, 4) is 0 Å². The van der Waals surface area contributed by atoms with E-state index in [9.17, 15) is 0 Å². The normalized spacial score (nSPS) is 15.5. The van der Waals surface area contributed by atoms with Gasteiger partial charge in [-0.3, -0.25) is 0 Å². The fourth-order valence-electron chi connectivity index (χ4n) is 2.76. The number of halogens is 1. The Morgan fingerprint density at radius 3 is 2.04 bits per heavy atom. The van der Waals surface area contributed by atoms with Crippen molar-refractivity contribution in [2.24, 2.45) is 4.99 Å². The Kier molecular flexibility index (Phi) is 4.15. The average Bonchev–Trinajstić information content (AvgIpc) is 2.48. The average molecular weight is 348 g/mol. The number of hydrogen-bond donors (Lipinski definition) is 0. The Balaban J connectivity index is 2.38. The van der Waals surface area contributed by atoms with Gasteiger partial charge in [0.2, 0.25) is 0 Å². The molecule has 0 saturated carbocycles. The van der Waals surface area contributed by atoms with Gasteiger partial charge in [0.25, 0.3) is 0 Å². The largest absolute Gasteiger partial charge is 0.378 e. The van der Waals surface area contributed by atoms with Crippen molar-refractivity contribution in [3.63, 3.8) is 0 Å². The fraction of sp³-hybridized carbons (Fsp3) is 0.333. The van der Waals surface area contributed by atoms with Crippen LogP contribution in [0.15, 0.2) is 34.2 Å². The van der Waals surface area contributed by atoms with Crippen molar-refractivity contribution in [2.45, 2.75) is 18.7 Å². The molecule has 122 valence electrons. The highest BCUT2D eigenvalue weighted by Gasteiger charge is 2.17. The molecule has 0 bridgehead atoms. The van der Waals surface area contributed by atoms with Gasteiger partial charge in [-0.05, 0) is 59.9 Å². The molecule has 0 fully saturated rings. The van der Waals surface area contributed by atoms with Gasteiger partial charge in [-0.2, -0.15) is 0 Å². The molecular formula is C18H22ClN3S. The van der Waals surface area contributed by atoms with Gasteiger partial charge >= 0.3 is 0 Å². The standard InChI is InChI=1S/C18H22ClN3S/c1-11-7-13(21(3)4)9-15-17(11)20-18-12(2)8-14(22(5)6)10-16(18)23(15)19/h7-10H,1-6H3. The predicted molar refractivity (Wildman–Crippen MR) is 102 cm³/mol. The van der Waals surface area contributed by atoms with Gasteiger partial charge in [0.15, 0.2) is 0 Å². The second kappa shape index (κ2) is 5.84. The van der Waals surface area contributed by atoms with Gasteiger partial charge < -0.3 is 9.80 Å². The molecule has 0 spiro atoms. The molecule has 0 N–H and O–H groups in total. The Morgan fingerprint density at radius 1 is 0.870 bits per heavy atom. The summed E-state index contributed by atoms with van der Waals surface area (Å²) in [6.45, 7) is 4.22. The molecule has 1 atom stereocenters. The van der Waals surface area contributed by atoms with Crippen LogP contribution in [0.5, 0.6) is 0 Å². The molecular weight excluding hydrogens is 326 g/mol. The first-order chi connectivity index (χ1) is 10.8. The highest BCUT2D eigenvalue weighted by molar-refractivity contribution is 8.29. The van der Waals surface area contributed by atoms with Crippen molar-refractivity contribution in [2.75, 3.05) is 38.0 Å². The number of aryl methyl sites for hydroxylation is 2. The van der Waals surface area contributed by atoms with E-state index in [-0.39, 0.29) is 0 Å². The van der Waals surface area contributed by atoms with Crippen molar-refractivity contribution in [3.05, 3.63) is 45.3 Å². The second-order valence-electron chi connectivity index (χ2n) is 6.38. The number of anilines is 2. The van der Waals surface area contributed by atoms with Gasteiger partial charge in [0.1, 0.15) is 0 Å². The molecule has 0 radical (unpaired) electrons. The number of nitrogens with zero attached hydrogens (tertiary/aromatic N) is 3. The van der Waals surface area contributed by atoms with Crippen LogP contribution in [0, 0.1) is 18.4 Å². The summed E-state index contributed by atoms with van der Waals surface area (Å²) in [6.07, 6.45) is 0. The first-order valence-corrected chi connectivity index (χ1v) is 9.61. The lowest BCUT2D eigenvalue weighted by atomic mass is 10.1. The van der Waals surface area contributed by atoms with Gasteiger partial charge in [0.05, 0.1) is 11.0 Å². The van der Waals surface area contributed by atoms with Crippen LogP contribution in [0.25, 0.3) is 0 Å². The third-order valence-electron chi connectivity index (χ3n) is 4.14. The van der Waals surface area contributed by atoms with E-state index in [0.29, 0.717) is 0 Å². The summed E-state index contributed by atoms with van der Waals surface area (Å²) >= 11 is 0. The van der Waals surface area contributed by atoms with Crippen molar-refractivity contribution in [1.82, 2.24) is 0 Å². The van der Waals surface area contributed by atoms with E-state index in [0.717, 1.165) is 20.5 Å². The van der Waals surface area contributed by atoms with E-state index in [1.165, 1.54) is 22.5 Å². The Bertz CT molecular complexity index is 917. The van der Waals surface area contributed by atoms with E-state index < -0.39 is 9.70 Å². The zero-order valence-electron chi connectivity index (χ0n) is 14.4. The van der Waals surface area contributed by atoms with E-state index >= 15 is 0 Å². The van der Waals surface area contributed by atoms with Crippen molar-refractivity contribution < 1.29 is 0 Å². The van der Waals surface area contributed by atoms with E-state index in [1.807, 2.05) is 0 Å². The van der Waals surface area contributed by atoms with Crippen LogP contribution in [0.1, 0.15) is 11.1 Å². The van der Waals surface area contributed by atoms with Gasteiger partial charge in [0, 0.05) is 49.0 Å². The minimum Gasteiger partial charge on any atom is -0.378 e. The summed E-state index contributed by atoms with van der Waals surface area (Å²) in [7, 11) is 14.6. The maximum Gasteiger partial charge on any atom is 0.0811 e. The molecule has 1 aliphatic heterocycles. The van der Waals surface area contributed by atoms with Crippen molar-refractivity contribution in [1.29, 1.82) is 0 Å². The molecule has 3 rings (SSSR count). The SMILES string of the molecule is Cc1cc(N(C)C)cc2c1N=c1c(C)cc(N(C)C)cc1=S2Cl.